The lowest BCUT2D eigenvalue weighted by atomic mass is 9.96. The van der Waals surface area contributed by atoms with Crippen LogP contribution in [0.25, 0.3) is 0 Å². The van der Waals surface area contributed by atoms with E-state index in [1.165, 1.54) is 6.92 Å². The van der Waals surface area contributed by atoms with E-state index in [2.05, 4.69) is 5.32 Å². The smallest absolute Gasteiger partial charge is 0.308 e. The van der Waals surface area contributed by atoms with Crippen LogP contribution in [0.1, 0.15) is 35.7 Å². The number of halogens is 1. The van der Waals surface area contributed by atoms with Crippen LogP contribution in [0, 0.1) is 5.92 Å². The van der Waals surface area contributed by atoms with E-state index >= 15 is 0 Å². The summed E-state index contributed by atoms with van der Waals surface area (Å²) in [5.41, 5.74) is 1.29. The molecule has 1 fully saturated rings. The number of hydrogen-bond acceptors (Lipinski definition) is 4. The van der Waals surface area contributed by atoms with Crippen LogP contribution < -0.4 is 10.1 Å². The van der Waals surface area contributed by atoms with Gasteiger partial charge in [0.25, 0.3) is 5.91 Å². The van der Waals surface area contributed by atoms with Gasteiger partial charge in [0.2, 0.25) is 5.91 Å². The molecule has 2 aromatic carbocycles. The third kappa shape index (κ3) is 6.07. The number of carbonyl (C=O) groups excluding carboxylic acids is 3. The Bertz CT molecular complexity index is 923. The second-order valence-electron chi connectivity index (χ2n) is 7.42. The van der Waals surface area contributed by atoms with Gasteiger partial charge in [0.15, 0.2) is 0 Å². The molecule has 2 aromatic rings. The zero-order chi connectivity index (χ0) is 21.5. The van der Waals surface area contributed by atoms with Gasteiger partial charge in [-0.15, -0.1) is 0 Å². The Kier molecular flexibility index (Phi) is 7.46. The van der Waals surface area contributed by atoms with Crippen molar-refractivity contribution in [3.05, 3.63) is 64.7 Å². The molecule has 1 N–H and O–H groups in total. The van der Waals surface area contributed by atoms with E-state index in [0.717, 1.165) is 18.4 Å². The Morgan fingerprint density at radius 1 is 1.10 bits per heavy atom. The van der Waals surface area contributed by atoms with E-state index < -0.39 is 5.97 Å². The first-order valence-corrected chi connectivity index (χ1v) is 10.4. The maximum absolute atomic E-state index is 12.5. The van der Waals surface area contributed by atoms with Crippen LogP contribution in [0.2, 0.25) is 5.02 Å². The molecule has 158 valence electrons. The molecule has 0 bridgehead atoms. The van der Waals surface area contributed by atoms with Crippen LogP contribution >= 0.6 is 11.6 Å². The number of piperidine rings is 1. The number of benzene rings is 2. The Balaban J connectivity index is 1.44. The molecule has 7 heteroatoms. The summed E-state index contributed by atoms with van der Waals surface area (Å²) < 4.78 is 5.02. The molecule has 1 saturated heterocycles. The van der Waals surface area contributed by atoms with E-state index in [0.29, 0.717) is 48.3 Å². The van der Waals surface area contributed by atoms with Crippen molar-refractivity contribution in [2.24, 2.45) is 5.92 Å². The van der Waals surface area contributed by atoms with Gasteiger partial charge < -0.3 is 15.0 Å². The number of esters is 1. The summed E-state index contributed by atoms with van der Waals surface area (Å²) in [6.45, 7) is 3.21. The number of ether oxygens (including phenoxy) is 1. The minimum absolute atomic E-state index is 0.0767. The van der Waals surface area contributed by atoms with Crippen molar-refractivity contribution in [1.82, 2.24) is 10.2 Å². The third-order valence-corrected chi connectivity index (χ3v) is 5.54. The first-order valence-electron chi connectivity index (χ1n) is 10.00. The lowest BCUT2D eigenvalue weighted by Gasteiger charge is -2.32. The Morgan fingerprint density at radius 3 is 2.53 bits per heavy atom. The van der Waals surface area contributed by atoms with Crippen LogP contribution in [-0.4, -0.2) is 42.3 Å². The predicted molar refractivity (Wildman–Crippen MR) is 115 cm³/mol. The van der Waals surface area contributed by atoms with Crippen LogP contribution in [0.15, 0.2) is 48.5 Å². The molecule has 6 nitrogen and oxygen atoms in total. The Morgan fingerprint density at radius 2 is 1.83 bits per heavy atom. The molecule has 0 saturated carbocycles. The summed E-state index contributed by atoms with van der Waals surface area (Å²) in [6.07, 6.45) is 1.98. The molecule has 3 rings (SSSR count). The van der Waals surface area contributed by atoms with Gasteiger partial charge in [0.05, 0.1) is 6.42 Å². The minimum Gasteiger partial charge on any atom is -0.427 e. The highest BCUT2D eigenvalue weighted by molar-refractivity contribution is 6.31. The maximum Gasteiger partial charge on any atom is 0.308 e. The topological polar surface area (TPSA) is 75.7 Å². The molecule has 0 spiro atoms. The quantitative estimate of drug-likeness (QED) is 0.564. The summed E-state index contributed by atoms with van der Waals surface area (Å²) in [5, 5.41) is 3.55. The molecule has 1 aliphatic rings. The van der Waals surface area contributed by atoms with Crippen molar-refractivity contribution < 1.29 is 19.1 Å². The number of rotatable bonds is 6. The normalized spacial score (nSPS) is 14.3. The summed E-state index contributed by atoms with van der Waals surface area (Å²) >= 11 is 6.15. The Hall–Kier alpha value is -2.86. The molecule has 0 atom stereocenters. The second-order valence-corrected chi connectivity index (χ2v) is 7.83. The molecule has 0 aliphatic carbocycles. The van der Waals surface area contributed by atoms with Crippen molar-refractivity contribution in [2.75, 3.05) is 19.6 Å². The fourth-order valence-corrected chi connectivity index (χ4v) is 3.71. The second kappa shape index (κ2) is 10.3. The van der Waals surface area contributed by atoms with Crippen LogP contribution in [0.3, 0.4) is 0 Å². The highest BCUT2D eigenvalue weighted by atomic mass is 35.5. The predicted octanol–water partition coefficient (Wildman–Crippen LogP) is 3.48. The van der Waals surface area contributed by atoms with E-state index in [9.17, 15) is 14.4 Å². The molecule has 1 heterocycles. The van der Waals surface area contributed by atoms with Crippen molar-refractivity contribution in [3.8, 4) is 5.75 Å². The van der Waals surface area contributed by atoms with Gasteiger partial charge in [0, 0.05) is 37.1 Å². The number of nitrogens with zero attached hydrogens (tertiary/aromatic N) is 1. The first kappa shape index (κ1) is 21.8. The van der Waals surface area contributed by atoms with Crippen molar-refractivity contribution in [2.45, 2.75) is 26.2 Å². The molecule has 0 unspecified atom stereocenters. The van der Waals surface area contributed by atoms with Gasteiger partial charge in [-0.3, -0.25) is 14.4 Å². The van der Waals surface area contributed by atoms with E-state index in [1.54, 1.807) is 30.3 Å². The minimum atomic E-state index is -0.427. The maximum atomic E-state index is 12.5. The van der Waals surface area contributed by atoms with E-state index in [-0.39, 0.29) is 11.8 Å². The van der Waals surface area contributed by atoms with Gasteiger partial charge in [-0.2, -0.15) is 0 Å². The van der Waals surface area contributed by atoms with E-state index in [4.69, 9.17) is 16.3 Å². The lowest BCUT2D eigenvalue weighted by molar-refractivity contribution is -0.132. The van der Waals surface area contributed by atoms with Gasteiger partial charge >= 0.3 is 5.97 Å². The van der Waals surface area contributed by atoms with Crippen molar-refractivity contribution >= 4 is 29.4 Å². The molecule has 30 heavy (non-hydrogen) atoms. The SMILES string of the molecule is CC(=O)Oc1cccc(C(=O)NCC2CCN(C(=O)Cc3ccccc3Cl)CC2)c1. The highest BCUT2D eigenvalue weighted by Gasteiger charge is 2.23. The molecular formula is C23H25ClN2O4. The molecule has 0 aromatic heterocycles. The monoisotopic (exact) mass is 428 g/mol. The van der Waals surface area contributed by atoms with Crippen LogP contribution in [-0.2, 0) is 16.0 Å². The average molecular weight is 429 g/mol. The summed E-state index contributed by atoms with van der Waals surface area (Å²) in [4.78, 5) is 37.9. The largest absolute Gasteiger partial charge is 0.427 e. The number of carbonyl (C=O) groups is 3. The van der Waals surface area contributed by atoms with Crippen molar-refractivity contribution in [1.29, 1.82) is 0 Å². The van der Waals surface area contributed by atoms with Gasteiger partial charge in [0.1, 0.15) is 5.75 Å². The molecule has 2 amide bonds. The molecule has 0 radical (unpaired) electrons. The number of amides is 2. The first-order chi connectivity index (χ1) is 14.4. The fraction of sp³-hybridized carbons (Fsp3) is 0.348. The number of likely N-dealkylation sites (tertiary alicyclic amines) is 1. The van der Waals surface area contributed by atoms with Gasteiger partial charge in [-0.25, -0.2) is 0 Å². The molecular weight excluding hydrogens is 404 g/mol. The third-order valence-electron chi connectivity index (χ3n) is 5.18. The fourth-order valence-electron chi connectivity index (χ4n) is 3.51. The van der Waals surface area contributed by atoms with E-state index in [1.807, 2.05) is 23.1 Å². The highest BCUT2D eigenvalue weighted by Crippen LogP contribution is 2.20. The zero-order valence-electron chi connectivity index (χ0n) is 16.9. The van der Waals surface area contributed by atoms with Crippen LogP contribution in [0.4, 0.5) is 0 Å². The standard InChI is InChI=1S/C23H25ClN2O4/c1-16(27)30-20-7-4-6-19(13-20)23(29)25-15-17-9-11-26(12-10-17)22(28)14-18-5-2-3-8-21(18)24/h2-8,13,17H,9-12,14-15H2,1H3,(H,25,29). The van der Waals surface area contributed by atoms with Crippen molar-refractivity contribution in [3.63, 3.8) is 0 Å². The van der Waals surface area contributed by atoms with Gasteiger partial charge in [-0.1, -0.05) is 35.9 Å². The zero-order valence-corrected chi connectivity index (χ0v) is 17.7. The summed E-state index contributed by atoms with van der Waals surface area (Å²) in [5.74, 6) is 0.105. The van der Waals surface area contributed by atoms with Crippen LogP contribution in [0.5, 0.6) is 5.75 Å². The molecule has 1 aliphatic heterocycles. The number of hydrogen-bond donors (Lipinski definition) is 1. The Labute approximate surface area is 181 Å². The summed E-state index contributed by atoms with van der Waals surface area (Å²) in [6, 6.07) is 13.9. The van der Waals surface area contributed by atoms with Gasteiger partial charge in [-0.05, 0) is 48.6 Å². The average Bonchev–Trinajstić information content (AvgIpc) is 2.73. The summed E-state index contributed by atoms with van der Waals surface area (Å²) in [7, 11) is 0. The number of nitrogens with one attached hydrogen (secondary N) is 1. The lowest BCUT2D eigenvalue weighted by Crippen LogP contribution is -2.42.